The summed E-state index contributed by atoms with van der Waals surface area (Å²) in [7, 11) is 0. The number of amides is 1. The molecule has 0 atom stereocenters. The van der Waals surface area contributed by atoms with Gasteiger partial charge >= 0.3 is 0 Å². The molecule has 0 aromatic rings. The van der Waals surface area contributed by atoms with Gasteiger partial charge in [0.25, 0.3) is 6.43 Å². The van der Waals surface area contributed by atoms with E-state index in [0.29, 0.717) is 13.0 Å². The molecule has 0 bridgehead atoms. The van der Waals surface area contributed by atoms with E-state index in [1.807, 2.05) is 6.07 Å². The third-order valence-electron chi connectivity index (χ3n) is 1.75. The summed E-state index contributed by atoms with van der Waals surface area (Å²) in [6.45, 7) is -0.112. The fourth-order valence-corrected chi connectivity index (χ4v) is 0.983. The second-order valence-corrected chi connectivity index (χ2v) is 3.18. The van der Waals surface area contributed by atoms with Gasteiger partial charge < -0.3 is 10.1 Å². The summed E-state index contributed by atoms with van der Waals surface area (Å²) in [5.41, 5.74) is 0. The summed E-state index contributed by atoms with van der Waals surface area (Å²) in [5, 5.41) is 10.9. The Hall–Kier alpha value is -1.22. The number of hydrogen-bond donors (Lipinski definition) is 1. The summed E-state index contributed by atoms with van der Waals surface area (Å²) >= 11 is 0. The average Bonchev–Trinajstić information content (AvgIpc) is 2.24. The average molecular weight is 234 g/mol. The predicted molar refractivity (Wildman–Crippen MR) is 53.9 cm³/mol. The van der Waals surface area contributed by atoms with E-state index >= 15 is 0 Å². The van der Waals surface area contributed by atoms with Crippen molar-refractivity contribution in [1.29, 1.82) is 5.26 Å². The predicted octanol–water partition coefficient (Wildman–Crippen LogP) is 1.47. The Kier molecular flexibility index (Phi) is 9.52. The summed E-state index contributed by atoms with van der Waals surface area (Å²) in [5.74, 6) is -0.216. The highest BCUT2D eigenvalue weighted by molar-refractivity contribution is 5.75. The van der Waals surface area contributed by atoms with Crippen molar-refractivity contribution in [1.82, 2.24) is 5.32 Å². The molecule has 0 aliphatic carbocycles. The van der Waals surface area contributed by atoms with Crippen molar-refractivity contribution in [2.45, 2.75) is 32.1 Å². The van der Waals surface area contributed by atoms with Crippen molar-refractivity contribution in [3.8, 4) is 6.07 Å². The lowest BCUT2D eigenvalue weighted by Gasteiger charge is -2.05. The molecule has 0 aromatic heterocycles. The van der Waals surface area contributed by atoms with Gasteiger partial charge in [-0.25, -0.2) is 8.78 Å². The van der Waals surface area contributed by atoms with Crippen molar-refractivity contribution in [3.63, 3.8) is 0 Å². The molecule has 0 saturated carbocycles. The van der Waals surface area contributed by atoms with Gasteiger partial charge in [0.15, 0.2) is 0 Å². The lowest BCUT2D eigenvalue weighted by molar-refractivity contribution is -0.122. The van der Waals surface area contributed by atoms with Crippen molar-refractivity contribution in [2.24, 2.45) is 0 Å². The Morgan fingerprint density at radius 2 is 2.19 bits per heavy atom. The van der Waals surface area contributed by atoms with Gasteiger partial charge in [-0.15, -0.1) is 0 Å². The lowest BCUT2D eigenvalue weighted by Crippen LogP contribution is -2.25. The monoisotopic (exact) mass is 234 g/mol. The summed E-state index contributed by atoms with van der Waals surface area (Å²) in [4.78, 5) is 11.1. The molecular weight excluding hydrogens is 218 g/mol. The van der Waals surface area contributed by atoms with Crippen LogP contribution in [-0.2, 0) is 9.53 Å². The van der Waals surface area contributed by atoms with E-state index in [1.165, 1.54) is 0 Å². The van der Waals surface area contributed by atoms with Crippen molar-refractivity contribution < 1.29 is 18.3 Å². The molecule has 0 aliphatic heterocycles. The van der Waals surface area contributed by atoms with Gasteiger partial charge in [0, 0.05) is 19.4 Å². The van der Waals surface area contributed by atoms with Crippen LogP contribution in [-0.4, -0.2) is 32.1 Å². The molecule has 6 heteroatoms. The number of ether oxygens (including phenoxy) is 1. The molecule has 16 heavy (non-hydrogen) atoms. The minimum absolute atomic E-state index is 0.00830. The van der Waals surface area contributed by atoms with Crippen LogP contribution in [0.3, 0.4) is 0 Å². The van der Waals surface area contributed by atoms with E-state index in [1.54, 1.807) is 0 Å². The van der Waals surface area contributed by atoms with Crippen LogP contribution >= 0.6 is 0 Å². The molecule has 0 unspecified atom stereocenters. The van der Waals surface area contributed by atoms with Gasteiger partial charge in [-0.3, -0.25) is 4.79 Å². The maximum atomic E-state index is 11.6. The zero-order valence-electron chi connectivity index (χ0n) is 9.05. The number of carbonyl (C=O) groups is 1. The zero-order valence-corrected chi connectivity index (χ0v) is 9.05. The van der Waals surface area contributed by atoms with E-state index in [-0.39, 0.29) is 18.9 Å². The third-order valence-corrected chi connectivity index (χ3v) is 1.75. The van der Waals surface area contributed by atoms with E-state index in [2.05, 4.69) is 10.1 Å². The third kappa shape index (κ3) is 10.9. The highest BCUT2D eigenvalue weighted by atomic mass is 19.3. The number of halogens is 2. The van der Waals surface area contributed by atoms with Crippen molar-refractivity contribution in [2.75, 3.05) is 19.8 Å². The highest BCUT2D eigenvalue weighted by Crippen LogP contribution is 1.94. The number of nitriles is 1. The Balaban J connectivity index is 3.22. The molecule has 92 valence electrons. The number of hydrogen-bond acceptors (Lipinski definition) is 3. The van der Waals surface area contributed by atoms with Gasteiger partial charge in [0.05, 0.1) is 12.7 Å². The molecule has 0 heterocycles. The van der Waals surface area contributed by atoms with Crippen LogP contribution in [0.4, 0.5) is 8.78 Å². The summed E-state index contributed by atoms with van der Waals surface area (Å²) < 4.78 is 27.8. The number of nitrogens with zero attached hydrogens (tertiary/aromatic N) is 1. The SMILES string of the molecule is N#CCCCCNC(=O)CCOCC(F)F. The van der Waals surface area contributed by atoms with Gasteiger partial charge in [0.1, 0.15) is 6.61 Å². The molecule has 4 nitrogen and oxygen atoms in total. The standard InChI is InChI=1S/C10H16F2N2O2/c11-9(12)8-16-7-4-10(15)14-6-3-1-2-5-13/h9H,1-4,6-8H2,(H,14,15). The Bertz CT molecular complexity index is 229. The van der Waals surface area contributed by atoms with Crippen LogP contribution in [0.15, 0.2) is 0 Å². The first-order valence-electron chi connectivity index (χ1n) is 5.16. The quantitative estimate of drug-likeness (QED) is 0.614. The highest BCUT2D eigenvalue weighted by Gasteiger charge is 2.04. The normalized spacial score (nSPS) is 10.1. The topological polar surface area (TPSA) is 62.1 Å². The number of unbranched alkanes of at least 4 members (excludes halogenated alkanes) is 2. The first kappa shape index (κ1) is 14.8. The van der Waals surface area contributed by atoms with E-state index in [9.17, 15) is 13.6 Å². The fourth-order valence-electron chi connectivity index (χ4n) is 0.983. The second kappa shape index (κ2) is 10.3. The number of nitrogens with one attached hydrogen (secondary N) is 1. The van der Waals surface area contributed by atoms with Gasteiger partial charge in [-0.2, -0.15) is 5.26 Å². The van der Waals surface area contributed by atoms with Gasteiger partial charge in [-0.05, 0) is 12.8 Å². The number of alkyl halides is 2. The van der Waals surface area contributed by atoms with Crippen LogP contribution in [0.2, 0.25) is 0 Å². The molecule has 0 spiro atoms. The molecule has 0 fully saturated rings. The second-order valence-electron chi connectivity index (χ2n) is 3.18. The first-order chi connectivity index (χ1) is 7.66. The van der Waals surface area contributed by atoms with E-state index in [0.717, 1.165) is 12.8 Å². The number of carbonyl (C=O) groups excluding carboxylic acids is 1. The smallest absolute Gasteiger partial charge is 0.261 e. The fraction of sp³-hybridized carbons (Fsp3) is 0.800. The van der Waals surface area contributed by atoms with Crippen LogP contribution in [0.25, 0.3) is 0 Å². The van der Waals surface area contributed by atoms with E-state index in [4.69, 9.17) is 5.26 Å². The van der Waals surface area contributed by atoms with Gasteiger partial charge in [0.2, 0.25) is 5.91 Å². The van der Waals surface area contributed by atoms with Crippen LogP contribution in [0, 0.1) is 11.3 Å². The molecule has 1 amide bonds. The van der Waals surface area contributed by atoms with Crippen molar-refractivity contribution in [3.05, 3.63) is 0 Å². The molecule has 0 radical (unpaired) electrons. The maximum Gasteiger partial charge on any atom is 0.261 e. The van der Waals surface area contributed by atoms with E-state index < -0.39 is 13.0 Å². The van der Waals surface area contributed by atoms with Crippen molar-refractivity contribution >= 4 is 5.91 Å². The Morgan fingerprint density at radius 1 is 1.44 bits per heavy atom. The molecule has 0 aromatic carbocycles. The van der Waals surface area contributed by atoms with Crippen LogP contribution < -0.4 is 5.32 Å². The minimum atomic E-state index is -2.49. The Labute approximate surface area is 93.6 Å². The molecule has 0 rings (SSSR count). The molecule has 1 N–H and O–H groups in total. The Morgan fingerprint density at radius 3 is 2.81 bits per heavy atom. The molecule has 0 saturated heterocycles. The molecule has 0 aliphatic rings. The van der Waals surface area contributed by atoms with Crippen LogP contribution in [0.5, 0.6) is 0 Å². The minimum Gasteiger partial charge on any atom is -0.375 e. The zero-order chi connectivity index (χ0) is 12.2. The summed E-state index contributed by atoms with van der Waals surface area (Å²) in [6.07, 6.45) is -0.428. The molecular formula is C10H16F2N2O2. The van der Waals surface area contributed by atoms with Crippen LogP contribution in [0.1, 0.15) is 25.7 Å². The summed E-state index contributed by atoms with van der Waals surface area (Å²) in [6, 6.07) is 2.00. The lowest BCUT2D eigenvalue weighted by atomic mass is 10.2. The largest absolute Gasteiger partial charge is 0.375 e. The maximum absolute atomic E-state index is 11.6. The number of rotatable bonds is 9. The van der Waals surface area contributed by atoms with Gasteiger partial charge in [-0.1, -0.05) is 0 Å². The first-order valence-corrected chi connectivity index (χ1v) is 5.16.